The molecule has 0 unspecified atom stereocenters. The molecule has 0 aliphatic heterocycles. The second-order valence-corrected chi connectivity index (χ2v) is 5.07. The second-order valence-electron chi connectivity index (χ2n) is 5.07. The van der Waals surface area contributed by atoms with Gasteiger partial charge in [-0.15, -0.1) is 0 Å². The highest BCUT2D eigenvalue weighted by Gasteiger charge is 2.04. The zero-order valence-corrected chi connectivity index (χ0v) is 13.5. The van der Waals surface area contributed by atoms with Crippen LogP contribution in [0.15, 0.2) is 72.7 Å². The van der Waals surface area contributed by atoms with E-state index in [1.807, 2.05) is 50.4 Å². The Hall–Kier alpha value is -2.81. The molecule has 2 rings (SSSR count). The number of ether oxygens (including phenoxy) is 1. The number of benzene rings is 1. The Morgan fingerprint density at radius 2 is 2.17 bits per heavy atom. The van der Waals surface area contributed by atoms with Crippen molar-refractivity contribution in [1.82, 2.24) is 4.98 Å². The van der Waals surface area contributed by atoms with Gasteiger partial charge in [-0.3, -0.25) is 4.79 Å². The maximum Gasteiger partial charge on any atom is 0.185 e. The van der Waals surface area contributed by atoms with E-state index in [-0.39, 0.29) is 5.78 Å². The Morgan fingerprint density at radius 1 is 1.35 bits per heavy atom. The highest BCUT2D eigenvalue weighted by Crippen LogP contribution is 2.16. The molecule has 3 nitrogen and oxygen atoms in total. The van der Waals surface area contributed by atoms with Gasteiger partial charge in [0.25, 0.3) is 0 Å². The highest BCUT2D eigenvalue weighted by atomic mass is 16.5. The van der Waals surface area contributed by atoms with Crippen LogP contribution in [0.1, 0.15) is 19.4 Å². The predicted molar refractivity (Wildman–Crippen MR) is 96.0 cm³/mol. The van der Waals surface area contributed by atoms with Crippen LogP contribution in [0, 0.1) is 0 Å². The van der Waals surface area contributed by atoms with Gasteiger partial charge in [0, 0.05) is 17.3 Å². The predicted octanol–water partition coefficient (Wildman–Crippen LogP) is 4.80. The van der Waals surface area contributed by atoms with Gasteiger partial charge in [0.05, 0.1) is 12.4 Å². The summed E-state index contributed by atoms with van der Waals surface area (Å²) in [5.74, 6) is 0.620. The number of aromatic nitrogens is 1. The minimum Gasteiger partial charge on any atom is -0.499 e. The molecule has 1 aromatic heterocycles. The van der Waals surface area contributed by atoms with E-state index in [9.17, 15) is 4.79 Å². The molecular formula is C20H21NO2. The van der Waals surface area contributed by atoms with Gasteiger partial charge in [-0.05, 0) is 55.1 Å². The van der Waals surface area contributed by atoms with Crippen LogP contribution in [0.3, 0.4) is 0 Å². The molecule has 1 aromatic carbocycles. The number of ketones is 1. The molecule has 0 fully saturated rings. The van der Waals surface area contributed by atoms with Crippen LogP contribution in [0.25, 0.3) is 17.0 Å². The maximum atomic E-state index is 12.4. The lowest BCUT2D eigenvalue weighted by atomic mass is 10.1. The minimum absolute atomic E-state index is 0.0851. The fraction of sp³-hybridized carbons (Fsp3) is 0.150. The summed E-state index contributed by atoms with van der Waals surface area (Å²) in [6, 6.07) is 8.01. The van der Waals surface area contributed by atoms with Crippen molar-refractivity contribution in [1.29, 1.82) is 0 Å². The van der Waals surface area contributed by atoms with Gasteiger partial charge in [-0.1, -0.05) is 30.9 Å². The van der Waals surface area contributed by atoms with Gasteiger partial charge in [0.15, 0.2) is 5.78 Å². The molecule has 0 saturated heterocycles. The third-order valence-electron chi connectivity index (χ3n) is 3.32. The van der Waals surface area contributed by atoms with Crippen molar-refractivity contribution < 1.29 is 9.53 Å². The molecule has 0 atom stereocenters. The average Bonchev–Trinajstić information content (AvgIpc) is 3.00. The van der Waals surface area contributed by atoms with Gasteiger partial charge in [-0.2, -0.15) is 0 Å². The Labute approximate surface area is 136 Å². The monoisotopic (exact) mass is 307 g/mol. The number of fused-ring (bicyclic) bond motifs is 1. The first-order valence-electron chi connectivity index (χ1n) is 7.57. The summed E-state index contributed by atoms with van der Waals surface area (Å²) in [4.78, 5) is 15.5. The molecule has 118 valence electrons. The number of carbonyl (C=O) groups excluding carboxylic acids is 1. The standard InChI is InChI=1S/C20H21NO2/c1-4-6-18(13-15(3)23-5-2)20(22)10-8-16-7-9-19-17(14-16)11-12-21-19/h4,6-14,21H,1,5H2,2-3H3/b10-8+,15-13+,18-6+. The summed E-state index contributed by atoms with van der Waals surface area (Å²) < 4.78 is 5.38. The Morgan fingerprint density at radius 3 is 2.91 bits per heavy atom. The number of rotatable bonds is 7. The lowest BCUT2D eigenvalue weighted by molar-refractivity contribution is -0.111. The van der Waals surface area contributed by atoms with Crippen molar-refractivity contribution in [3.8, 4) is 0 Å². The number of allylic oxidation sites excluding steroid dienone is 6. The first-order chi connectivity index (χ1) is 11.1. The molecule has 0 aliphatic rings. The molecule has 0 amide bonds. The lowest BCUT2D eigenvalue weighted by Crippen LogP contribution is -1.98. The number of aromatic amines is 1. The van der Waals surface area contributed by atoms with Crippen molar-refractivity contribution in [3.63, 3.8) is 0 Å². The minimum atomic E-state index is -0.0851. The van der Waals surface area contributed by atoms with Crippen molar-refractivity contribution in [2.75, 3.05) is 6.61 Å². The molecule has 1 heterocycles. The molecule has 1 N–H and O–H groups in total. The molecule has 23 heavy (non-hydrogen) atoms. The van der Waals surface area contributed by atoms with Gasteiger partial charge >= 0.3 is 0 Å². The smallest absolute Gasteiger partial charge is 0.185 e. The molecule has 0 saturated carbocycles. The lowest BCUT2D eigenvalue weighted by Gasteiger charge is -2.03. The summed E-state index contributed by atoms with van der Waals surface area (Å²) in [7, 11) is 0. The van der Waals surface area contributed by atoms with Crippen LogP contribution in [0.5, 0.6) is 0 Å². The van der Waals surface area contributed by atoms with Gasteiger partial charge in [-0.25, -0.2) is 0 Å². The van der Waals surface area contributed by atoms with Gasteiger partial charge in [0.1, 0.15) is 0 Å². The van der Waals surface area contributed by atoms with Gasteiger partial charge in [0.2, 0.25) is 0 Å². The summed E-state index contributed by atoms with van der Waals surface area (Å²) >= 11 is 0. The summed E-state index contributed by atoms with van der Waals surface area (Å²) in [5.41, 5.74) is 2.61. The van der Waals surface area contributed by atoms with Crippen molar-refractivity contribution >= 4 is 22.8 Å². The van der Waals surface area contributed by atoms with E-state index < -0.39 is 0 Å². The normalized spacial score (nSPS) is 12.8. The highest BCUT2D eigenvalue weighted by molar-refractivity contribution is 6.08. The van der Waals surface area contributed by atoms with Crippen LogP contribution in [-0.2, 0) is 9.53 Å². The van der Waals surface area contributed by atoms with Crippen molar-refractivity contribution in [3.05, 3.63) is 78.2 Å². The third-order valence-corrected chi connectivity index (χ3v) is 3.32. The first kappa shape index (κ1) is 16.6. The fourth-order valence-corrected chi connectivity index (χ4v) is 2.26. The second kappa shape index (κ2) is 7.99. The topological polar surface area (TPSA) is 42.1 Å². The molecule has 3 heteroatoms. The van der Waals surface area contributed by atoms with Gasteiger partial charge < -0.3 is 9.72 Å². The van der Waals surface area contributed by atoms with E-state index in [4.69, 9.17) is 4.74 Å². The van der Waals surface area contributed by atoms with Crippen LogP contribution in [0.2, 0.25) is 0 Å². The fourth-order valence-electron chi connectivity index (χ4n) is 2.26. The van der Waals surface area contributed by atoms with E-state index in [2.05, 4.69) is 11.6 Å². The molecular weight excluding hydrogens is 286 g/mol. The Kier molecular flexibility index (Phi) is 5.75. The molecule has 0 bridgehead atoms. The number of hydrogen-bond donors (Lipinski definition) is 1. The Bertz CT molecular complexity index is 791. The summed E-state index contributed by atoms with van der Waals surface area (Å²) in [5, 5.41) is 1.12. The number of carbonyl (C=O) groups is 1. The van der Waals surface area contributed by atoms with E-state index in [0.29, 0.717) is 17.9 Å². The maximum absolute atomic E-state index is 12.4. The van der Waals surface area contributed by atoms with Crippen molar-refractivity contribution in [2.45, 2.75) is 13.8 Å². The van der Waals surface area contributed by atoms with E-state index >= 15 is 0 Å². The quantitative estimate of drug-likeness (QED) is 0.453. The third kappa shape index (κ3) is 4.58. The van der Waals surface area contributed by atoms with E-state index in [0.717, 1.165) is 16.5 Å². The average molecular weight is 307 g/mol. The zero-order valence-electron chi connectivity index (χ0n) is 13.5. The molecule has 2 aromatic rings. The van der Waals surface area contributed by atoms with Crippen molar-refractivity contribution in [2.24, 2.45) is 0 Å². The largest absolute Gasteiger partial charge is 0.499 e. The summed E-state index contributed by atoms with van der Waals surface area (Å²) in [6.07, 6.45) is 10.3. The number of hydrogen-bond acceptors (Lipinski definition) is 2. The SMILES string of the molecule is C=C/C=C(\C=C(/C)OCC)C(=O)/C=C/c1ccc2[nH]ccc2c1. The molecule has 0 aliphatic carbocycles. The molecule has 0 spiro atoms. The number of nitrogens with one attached hydrogen (secondary N) is 1. The van der Waals surface area contributed by atoms with Crippen LogP contribution in [-0.4, -0.2) is 17.4 Å². The summed E-state index contributed by atoms with van der Waals surface area (Å²) in [6.45, 7) is 7.97. The zero-order chi connectivity index (χ0) is 16.7. The van der Waals surface area contributed by atoms with E-state index in [1.54, 1.807) is 24.3 Å². The van der Waals surface area contributed by atoms with Crippen LogP contribution in [0.4, 0.5) is 0 Å². The van der Waals surface area contributed by atoms with Crippen LogP contribution < -0.4 is 0 Å². The Balaban J connectivity index is 2.18. The first-order valence-corrected chi connectivity index (χ1v) is 7.57. The van der Waals surface area contributed by atoms with Crippen LogP contribution >= 0.6 is 0 Å². The number of H-pyrrole nitrogens is 1. The van der Waals surface area contributed by atoms with E-state index in [1.165, 1.54) is 0 Å². The molecule has 0 radical (unpaired) electrons.